The number of fused-ring (bicyclic) bond motifs is 1. The van der Waals surface area contributed by atoms with Crippen molar-refractivity contribution in [3.05, 3.63) is 100 Å². The number of carbonyl (C=O) groups is 2. The van der Waals surface area contributed by atoms with Gasteiger partial charge in [-0.2, -0.15) is 5.10 Å². The molecule has 0 radical (unpaired) electrons. The topological polar surface area (TPSA) is 88.4 Å². The van der Waals surface area contributed by atoms with Crippen LogP contribution in [0.1, 0.15) is 62.9 Å². The summed E-state index contributed by atoms with van der Waals surface area (Å²) in [5, 5.41) is 10.1. The molecule has 2 N–H and O–H groups in total. The highest BCUT2D eigenvalue weighted by Crippen LogP contribution is 2.20. The minimum Gasteiger partial charge on any atom is -0.350 e. The van der Waals surface area contributed by atoms with E-state index in [1.807, 2.05) is 44.2 Å². The van der Waals surface area contributed by atoms with Crippen LogP contribution in [-0.4, -0.2) is 33.0 Å². The fourth-order valence-corrected chi connectivity index (χ4v) is 4.07. The number of nitrogens with one attached hydrogen (secondary N) is 2. The Kier molecular flexibility index (Phi) is 7.19. The lowest BCUT2D eigenvalue weighted by Gasteiger charge is -2.16. The highest BCUT2D eigenvalue weighted by Gasteiger charge is 2.22. The van der Waals surface area contributed by atoms with Gasteiger partial charge >= 0.3 is 0 Å². The molecule has 2 amide bonds. The van der Waals surface area contributed by atoms with Gasteiger partial charge in [-0.1, -0.05) is 56.3 Å². The van der Waals surface area contributed by atoms with Crippen molar-refractivity contribution in [1.29, 1.82) is 0 Å². The van der Waals surface area contributed by atoms with Crippen molar-refractivity contribution in [3.63, 3.8) is 0 Å². The van der Waals surface area contributed by atoms with Gasteiger partial charge in [-0.05, 0) is 48.1 Å². The minimum absolute atomic E-state index is 0.114. The standard InChI is InChI=1S/C27H28FN5O2/c1-4-21-22(26(34)30-15-19-10-11-23(28)17(2)12-19)13-24(33-25(21)31-16-32-33)27(35)29-14-18(3)20-8-6-5-7-9-20/h5-13,16,18H,4,14-15H2,1-3H3,(H,29,35)(H,30,34)/t18-/m1/s1. The van der Waals surface area contributed by atoms with E-state index >= 15 is 0 Å². The first kappa shape index (κ1) is 24.1. The zero-order valence-electron chi connectivity index (χ0n) is 20.0. The van der Waals surface area contributed by atoms with E-state index in [1.165, 1.54) is 16.9 Å². The summed E-state index contributed by atoms with van der Waals surface area (Å²) in [6.45, 7) is 6.30. The van der Waals surface area contributed by atoms with E-state index < -0.39 is 0 Å². The van der Waals surface area contributed by atoms with Crippen LogP contribution in [0.5, 0.6) is 0 Å². The zero-order valence-corrected chi connectivity index (χ0v) is 20.0. The predicted octanol–water partition coefficient (Wildman–Crippen LogP) is 4.20. The Bertz CT molecular complexity index is 1370. The maximum absolute atomic E-state index is 13.6. The molecule has 2 aromatic heterocycles. The zero-order chi connectivity index (χ0) is 24.9. The van der Waals surface area contributed by atoms with Gasteiger partial charge in [0.2, 0.25) is 0 Å². The summed E-state index contributed by atoms with van der Waals surface area (Å²) in [6, 6.07) is 16.2. The van der Waals surface area contributed by atoms with Crippen molar-refractivity contribution in [1.82, 2.24) is 25.2 Å². The molecule has 0 aliphatic rings. The van der Waals surface area contributed by atoms with Crippen LogP contribution in [0.3, 0.4) is 0 Å². The number of hydrogen-bond donors (Lipinski definition) is 2. The van der Waals surface area contributed by atoms with Crippen LogP contribution < -0.4 is 10.6 Å². The minimum atomic E-state index is -0.339. The molecule has 0 fully saturated rings. The summed E-state index contributed by atoms with van der Waals surface area (Å²) in [7, 11) is 0. The molecule has 1 atom stereocenters. The summed E-state index contributed by atoms with van der Waals surface area (Å²) >= 11 is 0. The summed E-state index contributed by atoms with van der Waals surface area (Å²) in [6.07, 6.45) is 1.91. The van der Waals surface area contributed by atoms with Crippen LogP contribution in [0.4, 0.5) is 4.39 Å². The fraction of sp³-hybridized carbons (Fsp3) is 0.259. The lowest BCUT2D eigenvalue weighted by atomic mass is 10.0. The number of halogens is 1. The second-order valence-electron chi connectivity index (χ2n) is 8.56. The maximum Gasteiger partial charge on any atom is 0.270 e. The third-order valence-electron chi connectivity index (χ3n) is 6.10. The average molecular weight is 474 g/mol. The van der Waals surface area contributed by atoms with Crippen molar-refractivity contribution < 1.29 is 14.0 Å². The van der Waals surface area contributed by atoms with Gasteiger partial charge in [0.25, 0.3) is 11.8 Å². The number of benzene rings is 2. The van der Waals surface area contributed by atoms with Gasteiger partial charge in [0.05, 0.1) is 0 Å². The van der Waals surface area contributed by atoms with E-state index in [1.54, 1.807) is 25.1 Å². The van der Waals surface area contributed by atoms with Crippen LogP contribution in [0.15, 0.2) is 60.9 Å². The fourth-order valence-electron chi connectivity index (χ4n) is 4.07. The number of pyridine rings is 1. The Morgan fingerprint density at radius 3 is 2.54 bits per heavy atom. The number of rotatable bonds is 8. The quantitative estimate of drug-likeness (QED) is 0.401. The molecule has 2 aromatic carbocycles. The van der Waals surface area contributed by atoms with E-state index in [9.17, 15) is 14.0 Å². The number of aryl methyl sites for hydroxylation is 2. The normalized spacial score (nSPS) is 11.9. The number of carbonyl (C=O) groups excluding carboxylic acids is 2. The number of amides is 2. The second kappa shape index (κ2) is 10.5. The molecule has 0 bridgehead atoms. The van der Waals surface area contributed by atoms with Gasteiger partial charge in [-0.15, -0.1) is 0 Å². The number of aromatic nitrogens is 3. The smallest absolute Gasteiger partial charge is 0.270 e. The Morgan fingerprint density at radius 2 is 1.83 bits per heavy atom. The van der Waals surface area contributed by atoms with E-state index in [-0.39, 0.29) is 35.8 Å². The molecule has 0 saturated heterocycles. The molecular formula is C27H28FN5O2. The molecule has 0 saturated carbocycles. The molecule has 2 heterocycles. The van der Waals surface area contributed by atoms with Crippen LogP contribution in [0, 0.1) is 12.7 Å². The van der Waals surface area contributed by atoms with Gasteiger partial charge < -0.3 is 10.6 Å². The van der Waals surface area contributed by atoms with Crippen molar-refractivity contribution >= 4 is 17.5 Å². The molecule has 180 valence electrons. The van der Waals surface area contributed by atoms with E-state index in [0.29, 0.717) is 35.3 Å². The van der Waals surface area contributed by atoms with Crippen LogP contribution >= 0.6 is 0 Å². The van der Waals surface area contributed by atoms with Gasteiger partial charge in [0.1, 0.15) is 17.8 Å². The molecule has 35 heavy (non-hydrogen) atoms. The third-order valence-corrected chi connectivity index (χ3v) is 6.10. The Hall–Kier alpha value is -4.07. The molecule has 7 nitrogen and oxygen atoms in total. The van der Waals surface area contributed by atoms with Crippen molar-refractivity contribution in [3.8, 4) is 0 Å². The summed E-state index contributed by atoms with van der Waals surface area (Å²) in [5.41, 5.74) is 4.19. The monoisotopic (exact) mass is 473 g/mol. The molecule has 4 aromatic rings. The molecule has 4 rings (SSSR count). The molecular weight excluding hydrogens is 445 g/mol. The first-order chi connectivity index (χ1) is 16.9. The second-order valence-corrected chi connectivity index (χ2v) is 8.56. The Morgan fingerprint density at radius 1 is 1.06 bits per heavy atom. The van der Waals surface area contributed by atoms with Gasteiger partial charge in [0.15, 0.2) is 5.65 Å². The molecule has 0 spiro atoms. The summed E-state index contributed by atoms with van der Waals surface area (Å²) in [5.74, 6) is -0.846. The van der Waals surface area contributed by atoms with Crippen LogP contribution in [0.25, 0.3) is 5.65 Å². The maximum atomic E-state index is 13.6. The van der Waals surface area contributed by atoms with Crippen LogP contribution in [-0.2, 0) is 13.0 Å². The first-order valence-corrected chi connectivity index (χ1v) is 11.6. The SMILES string of the molecule is CCc1c(C(=O)NCc2ccc(F)c(C)c2)cc(C(=O)NC[C@@H](C)c2ccccc2)n2ncnc12. The van der Waals surface area contributed by atoms with Crippen molar-refractivity contribution in [2.24, 2.45) is 0 Å². The predicted molar refractivity (Wildman–Crippen MR) is 132 cm³/mol. The van der Waals surface area contributed by atoms with E-state index in [4.69, 9.17) is 0 Å². The molecule has 0 unspecified atom stereocenters. The van der Waals surface area contributed by atoms with Gasteiger partial charge in [-0.3, -0.25) is 9.59 Å². The Balaban J connectivity index is 1.57. The van der Waals surface area contributed by atoms with Crippen molar-refractivity contribution in [2.75, 3.05) is 6.54 Å². The van der Waals surface area contributed by atoms with E-state index in [0.717, 1.165) is 11.1 Å². The van der Waals surface area contributed by atoms with Gasteiger partial charge in [-0.25, -0.2) is 13.9 Å². The lowest BCUT2D eigenvalue weighted by molar-refractivity contribution is 0.0944. The van der Waals surface area contributed by atoms with Crippen LogP contribution in [0.2, 0.25) is 0 Å². The number of hydrogen-bond acceptors (Lipinski definition) is 4. The molecule has 8 heteroatoms. The van der Waals surface area contributed by atoms with Crippen molar-refractivity contribution in [2.45, 2.75) is 39.7 Å². The number of nitrogens with zero attached hydrogens (tertiary/aromatic N) is 3. The third kappa shape index (κ3) is 5.21. The van der Waals surface area contributed by atoms with E-state index in [2.05, 4.69) is 20.7 Å². The highest BCUT2D eigenvalue weighted by molar-refractivity contribution is 6.01. The average Bonchev–Trinajstić information content (AvgIpc) is 3.37. The first-order valence-electron chi connectivity index (χ1n) is 11.6. The largest absolute Gasteiger partial charge is 0.350 e. The van der Waals surface area contributed by atoms with Gasteiger partial charge in [0, 0.05) is 24.2 Å². The summed E-state index contributed by atoms with van der Waals surface area (Å²) < 4.78 is 15.0. The summed E-state index contributed by atoms with van der Waals surface area (Å²) in [4.78, 5) is 30.6. The molecule has 0 aliphatic carbocycles. The lowest BCUT2D eigenvalue weighted by Crippen LogP contribution is -2.31. The Labute approximate surface area is 203 Å². The molecule has 0 aliphatic heterocycles. The highest BCUT2D eigenvalue weighted by atomic mass is 19.1.